The zero-order valence-electron chi connectivity index (χ0n) is 7.53. The maximum atomic E-state index is 10.9. The molecule has 0 bridgehead atoms. The van der Waals surface area contributed by atoms with E-state index in [0.29, 0.717) is 0 Å². The van der Waals surface area contributed by atoms with Gasteiger partial charge in [-0.3, -0.25) is 0 Å². The Kier molecular flexibility index (Phi) is 6.57. The molecule has 0 aromatic rings. The van der Waals surface area contributed by atoms with Crippen LogP contribution in [0, 0.1) is 0 Å². The van der Waals surface area contributed by atoms with Gasteiger partial charge in [0.15, 0.2) is 0 Å². The van der Waals surface area contributed by atoms with E-state index in [1.54, 1.807) is 0 Å². The van der Waals surface area contributed by atoms with Gasteiger partial charge in [0.25, 0.3) is 0 Å². The number of alkyl carbamates (subject to hydrolysis) is 1. The van der Waals surface area contributed by atoms with Crippen LogP contribution in [0.5, 0.6) is 0 Å². The van der Waals surface area contributed by atoms with Crippen molar-refractivity contribution in [1.29, 1.82) is 0 Å². The van der Waals surface area contributed by atoms with E-state index in [1.165, 1.54) is 6.08 Å². The van der Waals surface area contributed by atoms with Crippen molar-refractivity contribution in [1.82, 2.24) is 5.32 Å². The molecule has 0 radical (unpaired) electrons. The average molecular weight is 222 g/mol. The first-order valence-corrected chi connectivity index (χ1v) is 4.48. The molecule has 1 unspecified atom stereocenters. The number of aliphatic carboxylic acids is 1. The number of carboxylic acids is 1. The molecule has 0 aliphatic carbocycles. The fourth-order valence-electron chi connectivity index (χ4n) is 0.685. The number of hydrogen-bond donors (Lipinski definition) is 2. The monoisotopic (exact) mass is 221 g/mol. The van der Waals surface area contributed by atoms with Crippen molar-refractivity contribution in [2.45, 2.75) is 12.5 Å². The van der Waals surface area contributed by atoms with Crippen molar-refractivity contribution in [3.05, 3.63) is 12.7 Å². The third-order valence-corrected chi connectivity index (χ3v) is 1.54. The molecule has 0 saturated heterocycles. The topological polar surface area (TPSA) is 75.6 Å². The first-order valence-electron chi connectivity index (χ1n) is 3.94. The summed E-state index contributed by atoms with van der Waals surface area (Å²) in [5, 5.41) is 10.8. The molecule has 1 atom stereocenters. The van der Waals surface area contributed by atoms with Crippen LogP contribution in [0.4, 0.5) is 4.79 Å². The number of carboxylic acid groups (broad SMARTS) is 1. The minimum atomic E-state index is -1.14. The summed E-state index contributed by atoms with van der Waals surface area (Å²) in [5.74, 6) is -0.986. The van der Waals surface area contributed by atoms with Crippen molar-refractivity contribution in [3.63, 3.8) is 0 Å². The quantitative estimate of drug-likeness (QED) is 0.518. The molecule has 0 heterocycles. The second kappa shape index (κ2) is 7.20. The molecule has 6 heteroatoms. The maximum absolute atomic E-state index is 10.9. The second-order valence-corrected chi connectivity index (χ2v) is 2.78. The molecular weight excluding hydrogens is 210 g/mol. The Hall–Kier alpha value is -1.23. The molecule has 14 heavy (non-hydrogen) atoms. The number of hydrogen-bond acceptors (Lipinski definition) is 3. The molecule has 80 valence electrons. The van der Waals surface area contributed by atoms with Gasteiger partial charge in [-0.05, 0) is 6.42 Å². The van der Waals surface area contributed by atoms with Gasteiger partial charge in [0, 0.05) is 5.88 Å². The molecule has 0 saturated carbocycles. The minimum absolute atomic E-state index is 0.0407. The van der Waals surface area contributed by atoms with Gasteiger partial charge in [-0.25, -0.2) is 9.59 Å². The van der Waals surface area contributed by atoms with Crippen LogP contribution in [0.25, 0.3) is 0 Å². The highest BCUT2D eigenvalue weighted by Gasteiger charge is 2.19. The van der Waals surface area contributed by atoms with Gasteiger partial charge in [-0.2, -0.15) is 0 Å². The lowest BCUT2D eigenvalue weighted by Crippen LogP contribution is -2.41. The summed E-state index contributed by atoms with van der Waals surface area (Å²) in [6.45, 7) is 3.38. The SMILES string of the molecule is C=CCOC(=O)NC(CCCl)C(=O)O. The maximum Gasteiger partial charge on any atom is 0.408 e. The molecule has 1 amide bonds. The molecular formula is C8H12ClNO4. The number of amides is 1. The summed E-state index contributed by atoms with van der Waals surface area (Å²) in [6, 6.07) is -1.01. The van der Waals surface area contributed by atoms with Crippen LogP contribution in [-0.4, -0.2) is 35.7 Å². The Morgan fingerprint density at radius 3 is 2.71 bits per heavy atom. The Balaban J connectivity index is 3.95. The van der Waals surface area contributed by atoms with E-state index in [0.717, 1.165) is 0 Å². The van der Waals surface area contributed by atoms with Crippen LogP contribution in [0.15, 0.2) is 12.7 Å². The van der Waals surface area contributed by atoms with Crippen LogP contribution in [0.3, 0.4) is 0 Å². The summed E-state index contributed by atoms with van der Waals surface area (Å²) in [6.07, 6.45) is 0.749. The number of carbonyl (C=O) groups excluding carboxylic acids is 1. The van der Waals surface area contributed by atoms with Crippen molar-refractivity contribution >= 4 is 23.7 Å². The van der Waals surface area contributed by atoms with Crippen molar-refractivity contribution < 1.29 is 19.4 Å². The number of halogens is 1. The first kappa shape index (κ1) is 12.8. The molecule has 5 nitrogen and oxygen atoms in total. The highest BCUT2D eigenvalue weighted by molar-refractivity contribution is 6.18. The molecule has 0 aliphatic rings. The van der Waals surface area contributed by atoms with Gasteiger partial charge >= 0.3 is 12.1 Å². The lowest BCUT2D eigenvalue weighted by molar-refractivity contribution is -0.139. The Morgan fingerprint density at radius 1 is 1.64 bits per heavy atom. The summed E-state index contributed by atoms with van der Waals surface area (Å²) in [4.78, 5) is 21.5. The molecule has 0 fully saturated rings. The van der Waals surface area contributed by atoms with E-state index in [-0.39, 0.29) is 18.9 Å². The van der Waals surface area contributed by atoms with E-state index < -0.39 is 18.1 Å². The van der Waals surface area contributed by atoms with E-state index in [1.807, 2.05) is 0 Å². The minimum Gasteiger partial charge on any atom is -0.480 e. The van der Waals surface area contributed by atoms with Crippen LogP contribution >= 0.6 is 11.6 Å². The van der Waals surface area contributed by atoms with E-state index in [9.17, 15) is 9.59 Å². The van der Waals surface area contributed by atoms with E-state index >= 15 is 0 Å². The van der Waals surface area contributed by atoms with Crippen LogP contribution < -0.4 is 5.32 Å². The fraction of sp³-hybridized carbons (Fsp3) is 0.500. The van der Waals surface area contributed by atoms with E-state index in [2.05, 4.69) is 16.6 Å². The molecule has 2 N–H and O–H groups in total. The summed E-state index contributed by atoms with van der Waals surface area (Å²) in [7, 11) is 0. The number of rotatable bonds is 6. The molecule has 0 aromatic heterocycles. The van der Waals surface area contributed by atoms with Crippen molar-refractivity contribution in [2.75, 3.05) is 12.5 Å². The van der Waals surface area contributed by atoms with Gasteiger partial charge in [-0.15, -0.1) is 11.6 Å². The highest BCUT2D eigenvalue weighted by atomic mass is 35.5. The van der Waals surface area contributed by atoms with Crippen molar-refractivity contribution in [2.24, 2.45) is 0 Å². The first-order chi connectivity index (χ1) is 6.61. The highest BCUT2D eigenvalue weighted by Crippen LogP contribution is 1.95. The number of ether oxygens (including phenoxy) is 1. The normalized spacial score (nSPS) is 11.5. The third kappa shape index (κ3) is 5.42. The predicted molar refractivity (Wildman–Crippen MR) is 51.4 cm³/mol. The van der Waals surface area contributed by atoms with Gasteiger partial charge in [0.05, 0.1) is 0 Å². The van der Waals surface area contributed by atoms with Gasteiger partial charge in [0.2, 0.25) is 0 Å². The van der Waals surface area contributed by atoms with Crippen LogP contribution in [-0.2, 0) is 9.53 Å². The number of nitrogens with one attached hydrogen (secondary N) is 1. The fourth-order valence-corrected chi connectivity index (χ4v) is 0.903. The number of carbonyl (C=O) groups is 2. The third-order valence-electron chi connectivity index (χ3n) is 1.32. The lowest BCUT2D eigenvalue weighted by atomic mass is 10.2. The Labute approximate surface area is 86.7 Å². The van der Waals surface area contributed by atoms with Gasteiger partial charge in [-0.1, -0.05) is 12.7 Å². The van der Waals surface area contributed by atoms with Crippen LogP contribution in [0.1, 0.15) is 6.42 Å². The van der Waals surface area contributed by atoms with E-state index in [4.69, 9.17) is 16.7 Å². The zero-order valence-corrected chi connectivity index (χ0v) is 8.29. The van der Waals surface area contributed by atoms with Gasteiger partial charge < -0.3 is 15.2 Å². The second-order valence-electron chi connectivity index (χ2n) is 2.40. The standard InChI is InChI=1S/C8H12ClNO4/c1-2-5-14-8(13)10-6(3-4-9)7(11)12/h2,6H,1,3-5H2,(H,10,13)(H,11,12). The Morgan fingerprint density at radius 2 is 2.29 bits per heavy atom. The van der Waals surface area contributed by atoms with Crippen LogP contribution in [0.2, 0.25) is 0 Å². The average Bonchev–Trinajstić information content (AvgIpc) is 2.14. The molecule has 0 aliphatic heterocycles. The largest absolute Gasteiger partial charge is 0.480 e. The van der Waals surface area contributed by atoms with Crippen molar-refractivity contribution in [3.8, 4) is 0 Å². The summed E-state index contributed by atoms with van der Waals surface area (Å²) >= 11 is 5.36. The predicted octanol–water partition coefficient (Wildman–Crippen LogP) is 0.981. The Bertz CT molecular complexity index is 219. The summed E-state index contributed by atoms with van der Waals surface area (Å²) in [5.41, 5.74) is 0. The molecule has 0 aromatic carbocycles. The molecule has 0 rings (SSSR count). The van der Waals surface area contributed by atoms with Gasteiger partial charge in [0.1, 0.15) is 12.6 Å². The lowest BCUT2D eigenvalue weighted by Gasteiger charge is -2.12. The zero-order chi connectivity index (χ0) is 11.0. The smallest absolute Gasteiger partial charge is 0.408 e. The summed E-state index contributed by atoms with van der Waals surface area (Å²) < 4.78 is 4.54. The molecule has 0 spiro atoms. The number of alkyl halides is 1.